The van der Waals surface area contributed by atoms with Gasteiger partial charge in [-0.05, 0) is 0 Å². The Kier molecular flexibility index (Phi) is 3.63. The Labute approximate surface area is 103 Å². The molecule has 2 rings (SSSR count). The van der Waals surface area contributed by atoms with E-state index in [-0.39, 0.29) is 6.10 Å². The fourth-order valence-electron chi connectivity index (χ4n) is 1.72. The number of aromatic nitrogens is 2. The van der Waals surface area contributed by atoms with Crippen LogP contribution in [-0.2, 0) is 0 Å². The lowest BCUT2D eigenvalue weighted by molar-refractivity contribution is 0.0870. The van der Waals surface area contributed by atoms with Gasteiger partial charge in [-0.3, -0.25) is 0 Å². The van der Waals surface area contributed by atoms with Crippen LogP contribution in [0, 0.1) is 0 Å². The molecule has 7 heteroatoms. The van der Waals surface area contributed by atoms with E-state index in [1.165, 1.54) is 11.2 Å². The standard InChI is InChI=1S/C10H12ClN3O3/c11-8-5-9(13-6-12-8)17-7-1-3-14(4-2-7)10(15)16/h5-7H,1-4H2,(H,15,16). The number of likely N-dealkylation sites (tertiary alicyclic amines) is 1. The quantitative estimate of drug-likeness (QED) is 0.816. The Morgan fingerprint density at radius 3 is 2.76 bits per heavy atom. The number of carbonyl (C=O) groups is 1. The van der Waals surface area contributed by atoms with Crippen LogP contribution in [0.2, 0.25) is 5.15 Å². The third kappa shape index (κ3) is 3.20. The van der Waals surface area contributed by atoms with Crippen LogP contribution in [0.5, 0.6) is 5.88 Å². The van der Waals surface area contributed by atoms with Gasteiger partial charge in [0.2, 0.25) is 5.88 Å². The van der Waals surface area contributed by atoms with E-state index in [0.717, 1.165) is 0 Å². The van der Waals surface area contributed by atoms with Crippen molar-refractivity contribution in [3.8, 4) is 5.88 Å². The van der Waals surface area contributed by atoms with E-state index in [0.29, 0.717) is 37.0 Å². The predicted molar refractivity (Wildman–Crippen MR) is 60.3 cm³/mol. The summed E-state index contributed by atoms with van der Waals surface area (Å²) in [7, 11) is 0. The zero-order chi connectivity index (χ0) is 12.3. The Balaban J connectivity index is 1.88. The van der Waals surface area contributed by atoms with Crippen molar-refractivity contribution in [3.63, 3.8) is 0 Å². The number of piperidine rings is 1. The summed E-state index contributed by atoms with van der Waals surface area (Å²) in [6, 6.07) is 1.55. The minimum Gasteiger partial charge on any atom is -0.474 e. The van der Waals surface area contributed by atoms with Crippen LogP contribution < -0.4 is 4.74 Å². The highest BCUT2D eigenvalue weighted by Crippen LogP contribution is 2.18. The van der Waals surface area contributed by atoms with Crippen LogP contribution in [0.1, 0.15) is 12.8 Å². The fourth-order valence-corrected chi connectivity index (χ4v) is 1.85. The summed E-state index contributed by atoms with van der Waals surface area (Å²) in [4.78, 5) is 19.8. The van der Waals surface area contributed by atoms with E-state index in [9.17, 15) is 4.79 Å². The Hall–Kier alpha value is -1.56. The van der Waals surface area contributed by atoms with Gasteiger partial charge in [0.05, 0.1) is 0 Å². The van der Waals surface area contributed by atoms with Gasteiger partial charge in [-0.1, -0.05) is 11.6 Å². The van der Waals surface area contributed by atoms with Crippen molar-refractivity contribution in [3.05, 3.63) is 17.5 Å². The molecule has 0 bridgehead atoms. The number of hydrogen-bond donors (Lipinski definition) is 1. The second-order valence-corrected chi connectivity index (χ2v) is 4.15. The number of rotatable bonds is 2. The molecule has 1 saturated heterocycles. The van der Waals surface area contributed by atoms with Crippen molar-refractivity contribution in [1.82, 2.24) is 14.9 Å². The normalized spacial score (nSPS) is 16.9. The molecule has 1 aliphatic rings. The summed E-state index contributed by atoms with van der Waals surface area (Å²) >= 11 is 5.71. The molecule has 0 spiro atoms. The fraction of sp³-hybridized carbons (Fsp3) is 0.500. The van der Waals surface area contributed by atoms with Gasteiger partial charge in [-0.15, -0.1) is 0 Å². The van der Waals surface area contributed by atoms with Crippen LogP contribution in [0.25, 0.3) is 0 Å². The molecular formula is C10H12ClN3O3. The highest BCUT2D eigenvalue weighted by Gasteiger charge is 2.23. The van der Waals surface area contributed by atoms with E-state index < -0.39 is 6.09 Å². The number of nitrogens with zero attached hydrogens (tertiary/aromatic N) is 3. The van der Waals surface area contributed by atoms with E-state index in [1.807, 2.05) is 0 Å². The molecule has 1 aliphatic heterocycles. The number of hydrogen-bond acceptors (Lipinski definition) is 4. The number of ether oxygens (including phenoxy) is 1. The van der Waals surface area contributed by atoms with Crippen LogP contribution in [0.4, 0.5) is 4.79 Å². The van der Waals surface area contributed by atoms with Gasteiger partial charge >= 0.3 is 6.09 Å². The zero-order valence-corrected chi connectivity index (χ0v) is 9.80. The second-order valence-electron chi connectivity index (χ2n) is 3.77. The van der Waals surface area contributed by atoms with Crippen molar-refractivity contribution in [2.24, 2.45) is 0 Å². The van der Waals surface area contributed by atoms with Crippen LogP contribution >= 0.6 is 11.6 Å². The summed E-state index contributed by atoms with van der Waals surface area (Å²) in [5.41, 5.74) is 0. The lowest BCUT2D eigenvalue weighted by Crippen LogP contribution is -2.41. The molecule has 1 N–H and O–H groups in total. The summed E-state index contributed by atoms with van der Waals surface area (Å²) in [6.07, 6.45) is 1.76. The van der Waals surface area contributed by atoms with Gasteiger partial charge < -0.3 is 14.7 Å². The lowest BCUT2D eigenvalue weighted by atomic mass is 10.1. The van der Waals surface area contributed by atoms with E-state index in [1.54, 1.807) is 6.07 Å². The summed E-state index contributed by atoms with van der Waals surface area (Å²) in [5, 5.41) is 9.13. The first-order chi connectivity index (χ1) is 8.15. The van der Waals surface area contributed by atoms with Gasteiger partial charge in [0.25, 0.3) is 0 Å². The summed E-state index contributed by atoms with van der Waals surface area (Å²) in [5.74, 6) is 0.429. The third-order valence-corrected chi connectivity index (χ3v) is 2.82. The first-order valence-corrected chi connectivity index (χ1v) is 5.65. The van der Waals surface area contributed by atoms with Crippen molar-refractivity contribution in [2.75, 3.05) is 13.1 Å². The lowest BCUT2D eigenvalue weighted by Gasteiger charge is -2.29. The molecule has 0 atom stereocenters. The largest absolute Gasteiger partial charge is 0.474 e. The maximum atomic E-state index is 10.7. The maximum Gasteiger partial charge on any atom is 0.407 e. The third-order valence-electron chi connectivity index (χ3n) is 2.61. The van der Waals surface area contributed by atoms with Gasteiger partial charge in [0, 0.05) is 32.0 Å². The molecule has 0 aromatic carbocycles. The smallest absolute Gasteiger partial charge is 0.407 e. The zero-order valence-electron chi connectivity index (χ0n) is 9.04. The number of carboxylic acid groups (broad SMARTS) is 1. The SMILES string of the molecule is O=C(O)N1CCC(Oc2cc(Cl)ncn2)CC1. The monoisotopic (exact) mass is 257 g/mol. The van der Waals surface area contributed by atoms with Gasteiger partial charge in [0.1, 0.15) is 17.6 Å². The molecule has 92 valence electrons. The highest BCUT2D eigenvalue weighted by atomic mass is 35.5. The molecule has 1 amide bonds. The molecule has 1 aromatic heterocycles. The molecule has 0 aliphatic carbocycles. The van der Waals surface area contributed by atoms with Crippen molar-refractivity contribution in [2.45, 2.75) is 18.9 Å². The average Bonchev–Trinajstić information content (AvgIpc) is 2.29. The molecule has 17 heavy (non-hydrogen) atoms. The van der Waals surface area contributed by atoms with Crippen molar-refractivity contribution in [1.29, 1.82) is 0 Å². The Morgan fingerprint density at radius 1 is 1.47 bits per heavy atom. The molecule has 1 aromatic rings. The van der Waals surface area contributed by atoms with Crippen molar-refractivity contribution < 1.29 is 14.6 Å². The minimum absolute atomic E-state index is 0.0171. The van der Waals surface area contributed by atoms with Gasteiger partial charge in [0.15, 0.2) is 0 Å². The topological polar surface area (TPSA) is 75.5 Å². The van der Waals surface area contributed by atoms with E-state index >= 15 is 0 Å². The molecule has 0 unspecified atom stereocenters. The molecule has 0 radical (unpaired) electrons. The van der Waals surface area contributed by atoms with Crippen molar-refractivity contribution >= 4 is 17.7 Å². The maximum absolute atomic E-state index is 10.7. The average molecular weight is 258 g/mol. The van der Waals surface area contributed by atoms with E-state index in [4.69, 9.17) is 21.4 Å². The molecule has 2 heterocycles. The van der Waals surface area contributed by atoms with Crippen LogP contribution in [0.3, 0.4) is 0 Å². The van der Waals surface area contributed by atoms with E-state index in [2.05, 4.69) is 9.97 Å². The highest BCUT2D eigenvalue weighted by molar-refractivity contribution is 6.29. The molecule has 1 fully saturated rings. The predicted octanol–water partition coefficient (Wildman–Crippen LogP) is 1.65. The van der Waals surface area contributed by atoms with Gasteiger partial charge in [-0.25, -0.2) is 14.8 Å². The summed E-state index contributed by atoms with van der Waals surface area (Å²) in [6.45, 7) is 0.970. The minimum atomic E-state index is -0.881. The number of amides is 1. The van der Waals surface area contributed by atoms with Crippen LogP contribution in [-0.4, -0.2) is 45.3 Å². The first-order valence-electron chi connectivity index (χ1n) is 5.27. The Morgan fingerprint density at radius 2 is 2.18 bits per heavy atom. The Bertz CT molecular complexity index is 408. The summed E-state index contributed by atoms with van der Waals surface area (Å²) < 4.78 is 5.61. The molecule has 0 saturated carbocycles. The molecule has 6 nitrogen and oxygen atoms in total. The number of halogens is 1. The second kappa shape index (κ2) is 5.18. The molecular weight excluding hydrogens is 246 g/mol. The van der Waals surface area contributed by atoms with Gasteiger partial charge in [-0.2, -0.15) is 0 Å². The first kappa shape index (κ1) is 11.9. The van der Waals surface area contributed by atoms with Crippen LogP contribution in [0.15, 0.2) is 12.4 Å².